The molecule has 0 N–H and O–H groups in total. The Labute approximate surface area is 142 Å². The van der Waals surface area contributed by atoms with Crippen molar-refractivity contribution in [3.05, 3.63) is 66.5 Å². The molecular formula is C19H24F3NO. The molecule has 0 fully saturated rings. The van der Waals surface area contributed by atoms with Gasteiger partial charge in [0.05, 0.1) is 5.56 Å². The van der Waals surface area contributed by atoms with Gasteiger partial charge in [-0.05, 0) is 45.4 Å². The number of carbonyl (C=O) groups is 1. The zero-order valence-corrected chi connectivity index (χ0v) is 14.6. The quantitative estimate of drug-likeness (QED) is 0.459. The second kappa shape index (κ2) is 9.75. The van der Waals surface area contributed by atoms with Gasteiger partial charge in [-0.2, -0.15) is 13.2 Å². The molecule has 0 heterocycles. The van der Waals surface area contributed by atoms with E-state index >= 15 is 0 Å². The Hall–Kier alpha value is -2.30. The van der Waals surface area contributed by atoms with Crippen molar-refractivity contribution >= 4 is 11.5 Å². The molecule has 132 valence electrons. The van der Waals surface area contributed by atoms with Crippen LogP contribution >= 0.6 is 0 Å². The van der Waals surface area contributed by atoms with Gasteiger partial charge < -0.3 is 4.90 Å². The van der Waals surface area contributed by atoms with Gasteiger partial charge in [-0.3, -0.25) is 4.79 Å². The molecule has 0 amide bonds. The standard InChI is InChI=1S/C15H16F3NO.C4H8/c1-5-19(9-10(2)3)14-7-12(11(4)20)6-13(8-14)15(16,17)18;1-3-4-2/h5-9H,1H2,2-4H3;3H,1,4H2,2H3. The molecule has 0 radical (unpaired) electrons. The van der Waals surface area contributed by atoms with Crippen molar-refractivity contribution in [1.82, 2.24) is 0 Å². The maximum atomic E-state index is 12.9. The van der Waals surface area contributed by atoms with Crippen LogP contribution in [-0.4, -0.2) is 5.78 Å². The molecule has 2 nitrogen and oxygen atoms in total. The Morgan fingerprint density at radius 1 is 1.17 bits per heavy atom. The number of halogens is 3. The summed E-state index contributed by atoms with van der Waals surface area (Å²) in [7, 11) is 0. The largest absolute Gasteiger partial charge is 0.416 e. The lowest BCUT2D eigenvalue weighted by Gasteiger charge is -2.19. The lowest BCUT2D eigenvalue weighted by molar-refractivity contribution is -0.137. The summed E-state index contributed by atoms with van der Waals surface area (Å²) in [6.45, 7) is 14.0. The normalized spacial score (nSPS) is 10.1. The summed E-state index contributed by atoms with van der Waals surface area (Å²) in [5, 5.41) is 0. The van der Waals surface area contributed by atoms with Crippen LogP contribution in [0.15, 0.2) is 55.4 Å². The fourth-order valence-corrected chi connectivity index (χ4v) is 1.64. The summed E-state index contributed by atoms with van der Waals surface area (Å²) < 4.78 is 38.6. The van der Waals surface area contributed by atoms with Crippen LogP contribution in [0.3, 0.4) is 0 Å². The van der Waals surface area contributed by atoms with Gasteiger partial charge >= 0.3 is 6.18 Å². The van der Waals surface area contributed by atoms with Gasteiger partial charge in [0.2, 0.25) is 0 Å². The third kappa shape index (κ3) is 7.31. The van der Waals surface area contributed by atoms with E-state index in [4.69, 9.17) is 0 Å². The van der Waals surface area contributed by atoms with Crippen LogP contribution in [0.25, 0.3) is 0 Å². The highest BCUT2D eigenvalue weighted by molar-refractivity contribution is 5.95. The molecule has 0 spiro atoms. The average molecular weight is 339 g/mol. The molecular weight excluding hydrogens is 315 g/mol. The molecule has 0 atom stereocenters. The first kappa shape index (κ1) is 21.7. The molecule has 0 aromatic heterocycles. The Balaban J connectivity index is 0.00000118. The van der Waals surface area contributed by atoms with Crippen molar-refractivity contribution in [2.75, 3.05) is 4.90 Å². The van der Waals surface area contributed by atoms with Crippen molar-refractivity contribution in [1.29, 1.82) is 0 Å². The number of hydrogen-bond donors (Lipinski definition) is 0. The average Bonchev–Trinajstić information content (AvgIpc) is 2.51. The van der Waals surface area contributed by atoms with E-state index in [2.05, 4.69) is 20.1 Å². The number of carbonyl (C=O) groups excluding carboxylic acids is 1. The zero-order chi connectivity index (χ0) is 18.9. The molecule has 5 heteroatoms. The fourth-order valence-electron chi connectivity index (χ4n) is 1.64. The summed E-state index contributed by atoms with van der Waals surface area (Å²) in [6, 6.07) is 3.27. The molecule has 0 unspecified atom stereocenters. The van der Waals surface area contributed by atoms with E-state index in [1.54, 1.807) is 6.20 Å². The van der Waals surface area contributed by atoms with Crippen LogP contribution in [0.5, 0.6) is 0 Å². The lowest BCUT2D eigenvalue weighted by atomic mass is 10.1. The van der Waals surface area contributed by atoms with Crippen LogP contribution < -0.4 is 4.90 Å². The number of benzene rings is 1. The first-order valence-corrected chi connectivity index (χ1v) is 7.46. The van der Waals surface area contributed by atoms with Crippen molar-refractivity contribution in [3.63, 3.8) is 0 Å². The van der Waals surface area contributed by atoms with E-state index < -0.39 is 17.5 Å². The predicted octanol–water partition coefficient (Wildman–Crippen LogP) is 6.36. The summed E-state index contributed by atoms with van der Waals surface area (Å²) in [5.41, 5.74) is 0.311. The third-order valence-corrected chi connectivity index (χ3v) is 2.83. The van der Waals surface area contributed by atoms with Gasteiger partial charge in [0.1, 0.15) is 0 Å². The molecule has 0 aliphatic heterocycles. The van der Waals surface area contributed by atoms with Crippen molar-refractivity contribution < 1.29 is 18.0 Å². The Kier molecular flexibility index (Phi) is 8.82. The topological polar surface area (TPSA) is 20.3 Å². The number of ketones is 1. The summed E-state index contributed by atoms with van der Waals surface area (Å²) in [4.78, 5) is 12.8. The monoisotopic (exact) mass is 339 g/mol. The van der Waals surface area contributed by atoms with Crippen LogP contribution in [-0.2, 0) is 6.18 Å². The van der Waals surface area contributed by atoms with E-state index in [0.29, 0.717) is 0 Å². The highest BCUT2D eigenvalue weighted by Gasteiger charge is 2.31. The zero-order valence-electron chi connectivity index (χ0n) is 14.6. The molecule has 0 aliphatic rings. The molecule has 0 saturated heterocycles. The van der Waals surface area contributed by atoms with Crippen LogP contribution in [0.1, 0.15) is 50.0 Å². The number of alkyl halides is 3. The first-order chi connectivity index (χ1) is 11.1. The minimum absolute atomic E-state index is 0.0174. The van der Waals surface area contributed by atoms with Crippen molar-refractivity contribution in [2.24, 2.45) is 0 Å². The van der Waals surface area contributed by atoms with Crippen LogP contribution in [0.4, 0.5) is 18.9 Å². The van der Waals surface area contributed by atoms with E-state index in [-0.39, 0.29) is 11.3 Å². The van der Waals surface area contributed by atoms with Gasteiger partial charge in [0.25, 0.3) is 0 Å². The summed E-state index contributed by atoms with van der Waals surface area (Å²) >= 11 is 0. The number of anilines is 1. The number of rotatable bonds is 5. The second-order valence-corrected chi connectivity index (χ2v) is 5.32. The first-order valence-electron chi connectivity index (χ1n) is 7.46. The maximum absolute atomic E-state index is 12.9. The van der Waals surface area contributed by atoms with Gasteiger partial charge in [-0.1, -0.05) is 25.2 Å². The number of hydrogen-bond acceptors (Lipinski definition) is 2. The Morgan fingerprint density at radius 3 is 2.04 bits per heavy atom. The van der Waals surface area contributed by atoms with E-state index in [0.717, 1.165) is 24.1 Å². The number of allylic oxidation sites excluding steroid dienone is 2. The Bertz CT molecular complexity index is 612. The van der Waals surface area contributed by atoms with Gasteiger partial charge in [0.15, 0.2) is 5.78 Å². The van der Waals surface area contributed by atoms with Gasteiger partial charge in [-0.25, -0.2) is 0 Å². The van der Waals surface area contributed by atoms with Crippen molar-refractivity contribution in [2.45, 2.75) is 40.3 Å². The van der Waals surface area contributed by atoms with Gasteiger partial charge in [-0.15, -0.1) is 6.58 Å². The van der Waals surface area contributed by atoms with Gasteiger partial charge in [0, 0.05) is 23.7 Å². The number of Topliss-reactive ketones (excluding diaryl/α,β-unsaturated/α-hetero) is 1. The maximum Gasteiger partial charge on any atom is 0.416 e. The molecule has 0 bridgehead atoms. The van der Waals surface area contributed by atoms with Crippen LogP contribution in [0, 0.1) is 0 Å². The molecule has 24 heavy (non-hydrogen) atoms. The fraction of sp³-hybridized carbons (Fsp3) is 0.316. The third-order valence-electron chi connectivity index (χ3n) is 2.83. The lowest BCUT2D eigenvalue weighted by Crippen LogP contribution is -2.12. The predicted molar refractivity (Wildman–Crippen MR) is 94.0 cm³/mol. The number of nitrogens with zero attached hydrogens (tertiary/aromatic N) is 1. The van der Waals surface area contributed by atoms with E-state index in [1.165, 1.54) is 24.1 Å². The minimum atomic E-state index is -4.50. The smallest absolute Gasteiger partial charge is 0.325 e. The Morgan fingerprint density at radius 2 is 1.71 bits per heavy atom. The molecule has 0 saturated carbocycles. The minimum Gasteiger partial charge on any atom is -0.325 e. The molecule has 0 aliphatic carbocycles. The second-order valence-electron chi connectivity index (χ2n) is 5.32. The summed E-state index contributed by atoms with van der Waals surface area (Å²) in [6.07, 6.45) is 1.50. The molecule has 1 aromatic carbocycles. The highest BCUT2D eigenvalue weighted by Crippen LogP contribution is 2.33. The van der Waals surface area contributed by atoms with E-state index in [9.17, 15) is 18.0 Å². The van der Waals surface area contributed by atoms with Crippen molar-refractivity contribution in [3.8, 4) is 0 Å². The molecule has 1 rings (SSSR count). The highest BCUT2D eigenvalue weighted by atomic mass is 19.4. The molecule has 1 aromatic rings. The summed E-state index contributed by atoms with van der Waals surface area (Å²) in [5.74, 6) is -0.418. The van der Waals surface area contributed by atoms with E-state index in [1.807, 2.05) is 19.9 Å². The van der Waals surface area contributed by atoms with Crippen LogP contribution in [0.2, 0.25) is 0 Å². The SMILES string of the molecule is C=CCC.C=CN(C=C(C)C)c1cc(C(C)=O)cc(C(F)(F)F)c1.